The highest BCUT2D eigenvalue weighted by atomic mass is 32.1. The number of esters is 1. The van der Waals surface area contributed by atoms with Crippen molar-refractivity contribution < 1.29 is 13.9 Å². The fourth-order valence-corrected chi connectivity index (χ4v) is 2.49. The lowest BCUT2D eigenvalue weighted by Crippen LogP contribution is -2.28. The third kappa shape index (κ3) is 2.45. The first-order valence-electron chi connectivity index (χ1n) is 6.11. The number of carbonyl (C=O) groups is 1. The van der Waals surface area contributed by atoms with Gasteiger partial charge in [-0.1, -0.05) is 0 Å². The number of allylic oxidation sites excluding steroid dienone is 2. The Hall–Kier alpha value is -2.13. The monoisotopic (exact) mass is 290 g/mol. The number of hydrogen-bond acceptors (Lipinski definition) is 6. The molecular formula is C14H14N2O3S. The molecule has 0 spiro atoms. The minimum Gasteiger partial charge on any atom is -0.468 e. The summed E-state index contributed by atoms with van der Waals surface area (Å²) in [6.45, 7) is 3.74. The van der Waals surface area contributed by atoms with Crippen molar-refractivity contribution in [3.8, 4) is 6.07 Å². The first-order chi connectivity index (χ1) is 9.60. The van der Waals surface area contributed by atoms with Crippen molar-refractivity contribution in [1.29, 1.82) is 5.26 Å². The number of nitriles is 1. The molecule has 0 radical (unpaired) electrons. The molecule has 0 aromatic carbocycles. The fourth-order valence-electron chi connectivity index (χ4n) is 2.15. The number of furan rings is 1. The lowest BCUT2D eigenvalue weighted by Gasteiger charge is -2.26. The Labute approximate surface area is 122 Å². The molecule has 2 rings (SSSR count). The summed E-state index contributed by atoms with van der Waals surface area (Å²) in [6, 6.07) is 5.51. The van der Waals surface area contributed by atoms with E-state index in [9.17, 15) is 10.1 Å². The molecular weight excluding hydrogens is 276 g/mol. The smallest absolute Gasteiger partial charge is 0.336 e. The summed E-state index contributed by atoms with van der Waals surface area (Å²) in [5.74, 6) is -0.549. The molecule has 0 aliphatic carbocycles. The van der Waals surface area contributed by atoms with Crippen molar-refractivity contribution in [2.75, 3.05) is 6.61 Å². The first-order valence-corrected chi connectivity index (χ1v) is 6.56. The Morgan fingerprint density at radius 1 is 1.65 bits per heavy atom. The van der Waals surface area contributed by atoms with Gasteiger partial charge in [0.05, 0.1) is 41.0 Å². The lowest BCUT2D eigenvalue weighted by molar-refractivity contribution is -0.138. The van der Waals surface area contributed by atoms with E-state index in [0.717, 1.165) is 0 Å². The minimum atomic E-state index is -0.595. The van der Waals surface area contributed by atoms with Crippen molar-refractivity contribution in [2.24, 2.45) is 0 Å². The molecule has 0 unspecified atom stereocenters. The van der Waals surface area contributed by atoms with Gasteiger partial charge in [-0.05, 0) is 26.0 Å². The summed E-state index contributed by atoms with van der Waals surface area (Å²) in [4.78, 5) is 12.2. The van der Waals surface area contributed by atoms with E-state index in [0.29, 0.717) is 27.6 Å². The largest absolute Gasteiger partial charge is 0.468 e. The number of dihydropyridines is 1. The number of nitrogens with one attached hydrogen (secondary N) is 1. The summed E-state index contributed by atoms with van der Waals surface area (Å²) < 4.78 is 10.4. The normalized spacial score (nSPS) is 18.6. The van der Waals surface area contributed by atoms with Crippen molar-refractivity contribution >= 4 is 18.6 Å². The zero-order chi connectivity index (χ0) is 14.7. The van der Waals surface area contributed by atoms with Gasteiger partial charge in [0.25, 0.3) is 0 Å². The van der Waals surface area contributed by atoms with Crippen molar-refractivity contribution in [1.82, 2.24) is 5.32 Å². The fraction of sp³-hybridized carbons (Fsp3) is 0.286. The molecule has 0 saturated carbocycles. The van der Waals surface area contributed by atoms with Gasteiger partial charge in [0.2, 0.25) is 0 Å². The average molecular weight is 290 g/mol. The highest BCUT2D eigenvalue weighted by Gasteiger charge is 2.36. The standard InChI is InChI=1S/C14H14N2O3S/c1-3-18-14(17)11-8(2)16-13(20)9(7-15)12(11)10-5-4-6-19-10/h4-6,12,16,20H,3H2,1-2H3/t12-/m0/s1. The summed E-state index contributed by atoms with van der Waals surface area (Å²) in [6.07, 6.45) is 1.50. The van der Waals surface area contributed by atoms with Crippen molar-refractivity contribution in [3.05, 3.63) is 46.0 Å². The van der Waals surface area contributed by atoms with Crippen LogP contribution in [0.4, 0.5) is 0 Å². The number of ether oxygens (including phenoxy) is 1. The van der Waals surface area contributed by atoms with Gasteiger partial charge in [-0.15, -0.1) is 12.6 Å². The topological polar surface area (TPSA) is 75.3 Å². The van der Waals surface area contributed by atoms with E-state index in [1.54, 1.807) is 26.0 Å². The van der Waals surface area contributed by atoms with E-state index < -0.39 is 11.9 Å². The van der Waals surface area contributed by atoms with E-state index in [1.807, 2.05) is 0 Å². The predicted molar refractivity (Wildman–Crippen MR) is 75.5 cm³/mol. The van der Waals surface area contributed by atoms with Gasteiger partial charge in [-0.3, -0.25) is 0 Å². The summed E-state index contributed by atoms with van der Waals surface area (Å²) in [7, 11) is 0. The van der Waals surface area contributed by atoms with Gasteiger partial charge in [-0.25, -0.2) is 4.79 Å². The van der Waals surface area contributed by atoms with Gasteiger partial charge in [-0.2, -0.15) is 5.26 Å². The highest BCUT2D eigenvalue weighted by Crippen LogP contribution is 2.39. The Kier molecular flexibility index (Phi) is 4.20. The number of hydrogen-bond donors (Lipinski definition) is 2. The molecule has 0 fully saturated rings. The van der Waals surface area contributed by atoms with Crippen LogP contribution in [0.3, 0.4) is 0 Å². The average Bonchev–Trinajstić information content (AvgIpc) is 2.91. The lowest BCUT2D eigenvalue weighted by atomic mass is 9.86. The van der Waals surface area contributed by atoms with Gasteiger partial charge >= 0.3 is 5.97 Å². The molecule has 1 aromatic heterocycles. The quantitative estimate of drug-likeness (QED) is 0.660. The maximum atomic E-state index is 12.2. The Morgan fingerprint density at radius 3 is 2.95 bits per heavy atom. The summed E-state index contributed by atoms with van der Waals surface area (Å²) >= 11 is 4.27. The second-order valence-corrected chi connectivity index (χ2v) is 4.65. The predicted octanol–water partition coefficient (Wildman–Crippen LogP) is 2.47. The van der Waals surface area contributed by atoms with Gasteiger partial charge in [0.15, 0.2) is 0 Å². The molecule has 0 amide bonds. The van der Waals surface area contributed by atoms with Gasteiger partial charge in [0, 0.05) is 5.70 Å². The number of nitrogens with zero attached hydrogens (tertiary/aromatic N) is 1. The molecule has 2 heterocycles. The third-order valence-corrected chi connectivity index (χ3v) is 3.34. The molecule has 1 aromatic rings. The van der Waals surface area contributed by atoms with Crippen molar-refractivity contribution in [2.45, 2.75) is 19.8 Å². The molecule has 0 bridgehead atoms. The molecule has 20 heavy (non-hydrogen) atoms. The maximum absolute atomic E-state index is 12.2. The van der Waals surface area contributed by atoms with E-state index >= 15 is 0 Å². The zero-order valence-electron chi connectivity index (χ0n) is 11.1. The van der Waals surface area contributed by atoms with Crippen LogP contribution in [-0.4, -0.2) is 12.6 Å². The highest BCUT2D eigenvalue weighted by molar-refractivity contribution is 7.84. The molecule has 1 aliphatic heterocycles. The van der Waals surface area contributed by atoms with Crippen LogP contribution >= 0.6 is 12.6 Å². The molecule has 1 N–H and O–H groups in total. The van der Waals surface area contributed by atoms with E-state index in [2.05, 4.69) is 24.0 Å². The van der Waals surface area contributed by atoms with Crippen LogP contribution in [0.25, 0.3) is 0 Å². The van der Waals surface area contributed by atoms with Crippen LogP contribution in [-0.2, 0) is 9.53 Å². The first kappa shape index (κ1) is 14.3. The Bertz CT molecular complexity index is 623. The maximum Gasteiger partial charge on any atom is 0.336 e. The zero-order valence-corrected chi connectivity index (χ0v) is 12.0. The van der Waals surface area contributed by atoms with Crippen LogP contribution in [0.15, 0.2) is 44.7 Å². The van der Waals surface area contributed by atoms with Crippen LogP contribution in [0, 0.1) is 11.3 Å². The Morgan fingerprint density at radius 2 is 2.40 bits per heavy atom. The SMILES string of the molecule is CCOC(=O)C1=C(C)NC(S)=C(C#N)[C@H]1c1ccco1. The summed E-state index contributed by atoms with van der Waals surface area (Å²) in [5, 5.41) is 12.7. The van der Waals surface area contributed by atoms with Crippen LogP contribution in [0.2, 0.25) is 0 Å². The minimum absolute atomic E-state index is 0.264. The molecule has 1 atom stereocenters. The third-order valence-electron chi connectivity index (χ3n) is 2.99. The number of rotatable bonds is 3. The van der Waals surface area contributed by atoms with Crippen molar-refractivity contribution in [3.63, 3.8) is 0 Å². The van der Waals surface area contributed by atoms with Gasteiger partial charge < -0.3 is 14.5 Å². The Balaban J connectivity index is 2.55. The van der Waals surface area contributed by atoms with E-state index in [1.165, 1.54) is 6.26 Å². The van der Waals surface area contributed by atoms with E-state index in [-0.39, 0.29) is 6.61 Å². The second-order valence-electron chi connectivity index (χ2n) is 4.21. The molecule has 5 nitrogen and oxygen atoms in total. The van der Waals surface area contributed by atoms with Crippen LogP contribution in [0.5, 0.6) is 0 Å². The molecule has 6 heteroatoms. The van der Waals surface area contributed by atoms with Gasteiger partial charge in [0.1, 0.15) is 5.76 Å². The molecule has 104 valence electrons. The second kappa shape index (κ2) is 5.88. The van der Waals surface area contributed by atoms with E-state index in [4.69, 9.17) is 9.15 Å². The van der Waals surface area contributed by atoms with Crippen LogP contribution < -0.4 is 5.32 Å². The number of thiol groups is 1. The van der Waals surface area contributed by atoms with Crippen LogP contribution in [0.1, 0.15) is 25.5 Å². The molecule has 0 saturated heterocycles. The number of carbonyl (C=O) groups excluding carboxylic acids is 1. The molecule has 1 aliphatic rings. The summed E-state index contributed by atoms with van der Waals surface area (Å²) in [5.41, 5.74) is 1.31.